The van der Waals surface area contributed by atoms with E-state index in [2.05, 4.69) is 25.3 Å². The van der Waals surface area contributed by atoms with Gasteiger partial charge in [-0.25, -0.2) is 4.98 Å². The molecule has 146 valence electrons. The number of amides is 1. The van der Waals surface area contributed by atoms with Crippen LogP contribution in [0.2, 0.25) is 0 Å². The summed E-state index contributed by atoms with van der Waals surface area (Å²) >= 11 is 0. The van der Waals surface area contributed by atoms with E-state index in [0.29, 0.717) is 43.5 Å². The van der Waals surface area contributed by atoms with Crippen molar-refractivity contribution in [1.29, 1.82) is 0 Å². The number of anilines is 3. The van der Waals surface area contributed by atoms with Gasteiger partial charge in [0.05, 0.1) is 25.1 Å². The van der Waals surface area contributed by atoms with Crippen LogP contribution < -0.4 is 15.1 Å². The second kappa shape index (κ2) is 8.34. The number of morpholine rings is 1. The van der Waals surface area contributed by atoms with Gasteiger partial charge in [0.15, 0.2) is 5.82 Å². The van der Waals surface area contributed by atoms with Gasteiger partial charge in [0.2, 0.25) is 11.9 Å². The zero-order valence-corrected chi connectivity index (χ0v) is 16.3. The SMILES string of the molecule is Cc1noc(C)c1CCC(=O)Nc1cnc(N2CCOCC2)nc1N(C)C. The van der Waals surface area contributed by atoms with Gasteiger partial charge in [-0.1, -0.05) is 5.16 Å². The Labute approximate surface area is 158 Å². The Kier molecular flexibility index (Phi) is 5.90. The maximum absolute atomic E-state index is 12.4. The number of carbonyl (C=O) groups excluding carboxylic acids is 1. The third-order valence-corrected chi connectivity index (χ3v) is 4.53. The van der Waals surface area contributed by atoms with Gasteiger partial charge in [0.1, 0.15) is 11.4 Å². The minimum absolute atomic E-state index is 0.0965. The second-order valence-electron chi connectivity index (χ2n) is 6.75. The van der Waals surface area contributed by atoms with E-state index in [1.54, 1.807) is 6.20 Å². The number of hydrogen-bond donors (Lipinski definition) is 1. The van der Waals surface area contributed by atoms with E-state index in [1.807, 2.05) is 32.8 Å². The summed E-state index contributed by atoms with van der Waals surface area (Å²) < 4.78 is 10.5. The highest BCUT2D eigenvalue weighted by atomic mass is 16.5. The third-order valence-electron chi connectivity index (χ3n) is 4.53. The van der Waals surface area contributed by atoms with E-state index in [1.165, 1.54) is 0 Å². The van der Waals surface area contributed by atoms with Gasteiger partial charge >= 0.3 is 0 Å². The summed E-state index contributed by atoms with van der Waals surface area (Å²) in [7, 11) is 3.79. The van der Waals surface area contributed by atoms with Gasteiger partial charge in [-0.05, 0) is 20.3 Å². The number of nitrogens with one attached hydrogen (secondary N) is 1. The molecule has 2 aromatic heterocycles. The molecule has 9 heteroatoms. The molecule has 3 rings (SSSR count). The van der Waals surface area contributed by atoms with Crippen molar-refractivity contribution < 1.29 is 14.1 Å². The van der Waals surface area contributed by atoms with Crippen molar-refractivity contribution in [2.24, 2.45) is 0 Å². The summed E-state index contributed by atoms with van der Waals surface area (Å²) in [5.41, 5.74) is 2.41. The molecular formula is C18H26N6O3. The normalized spacial score (nSPS) is 14.3. The van der Waals surface area contributed by atoms with E-state index in [4.69, 9.17) is 9.26 Å². The van der Waals surface area contributed by atoms with Crippen LogP contribution in [0.1, 0.15) is 23.4 Å². The molecule has 0 saturated carbocycles. The standard InChI is InChI=1S/C18H26N6O3/c1-12-14(13(2)27-22-12)5-6-16(25)20-15-11-19-18(21-17(15)23(3)4)24-7-9-26-10-8-24/h11H,5-10H2,1-4H3,(H,20,25). The Morgan fingerprint density at radius 3 is 2.67 bits per heavy atom. The van der Waals surface area contributed by atoms with Crippen LogP contribution in [0.4, 0.5) is 17.5 Å². The molecule has 0 aromatic carbocycles. The highest BCUT2D eigenvalue weighted by Gasteiger charge is 2.18. The van der Waals surface area contributed by atoms with Crippen LogP contribution >= 0.6 is 0 Å². The number of rotatable bonds is 6. The van der Waals surface area contributed by atoms with E-state index < -0.39 is 0 Å². The number of nitrogens with zero attached hydrogens (tertiary/aromatic N) is 5. The molecule has 0 radical (unpaired) electrons. The Balaban J connectivity index is 1.68. The lowest BCUT2D eigenvalue weighted by Gasteiger charge is -2.28. The summed E-state index contributed by atoms with van der Waals surface area (Å²) in [6, 6.07) is 0. The van der Waals surface area contributed by atoms with Gasteiger partial charge < -0.3 is 24.4 Å². The molecule has 0 atom stereocenters. The minimum atomic E-state index is -0.0965. The van der Waals surface area contributed by atoms with Gasteiger partial charge in [-0.2, -0.15) is 4.98 Å². The van der Waals surface area contributed by atoms with Crippen molar-refractivity contribution in [3.8, 4) is 0 Å². The van der Waals surface area contributed by atoms with Crippen LogP contribution in [0.3, 0.4) is 0 Å². The first-order valence-electron chi connectivity index (χ1n) is 9.04. The molecule has 3 heterocycles. The first-order chi connectivity index (χ1) is 13.0. The molecule has 0 aliphatic carbocycles. The molecule has 2 aromatic rings. The largest absolute Gasteiger partial charge is 0.378 e. The lowest BCUT2D eigenvalue weighted by atomic mass is 10.1. The fraction of sp³-hybridized carbons (Fsp3) is 0.556. The molecule has 1 saturated heterocycles. The summed E-state index contributed by atoms with van der Waals surface area (Å²) in [4.78, 5) is 25.4. The summed E-state index contributed by atoms with van der Waals surface area (Å²) in [5.74, 6) is 1.99. The van der Waals surface area contributed by atoms with Crippen LogP contribution in [0.5, 0.6) is 0 Å². The minimum Gasteiger partial charge on any atom is -0.378 e. The molecule has 27 heavy (non-hydrogen) atoms. The number of aryl methyl sites for hydroxylation is 2. The molecule has 0 bridgehead atoms. The summed E-state index contributed by atoms with van der Waals surface area (Å²) in [5, 5.41) is 6.85. The van der Waals surface area contributed by atoms with E-state index >= 15 is 0 Å². The first kappa shape index (κ1) is 19.1. The predicted octanol–water partition coefficient (Wildman–Crippen LogP) is 1.56. The predicted molar refractivity (Wildman–Crippen MR) is 102 cm³/mol. The van der Waals surface area contributed by atoms with Crippen molar-refractivity contribution in [1.82, 2.24) is 15.1 Å². The molecule has 1 aliphatic heterocycles. The Hall–Kier alpha value is -2.68. The molecule has 0 spiro atoms. The van der Waals surface area contributed by atoms with E-state index in [9.17, 15) is 4.79 Å². The van der Waals surface area contributed by atoms with Crippen molar-refractivity contribution in [3.63, 3.8) is 0 Å². The number of aromatic nitrogens is 3. The highest BCUT2D eigenvalue weighted by molar-refractivity contribution is 5.93. The quantitative estimate of drug-likeness (QED) is 0.814. The third kappa shape index (κ3) is 4.54. The van der Waals surface area contributed by atoms with E-state index in [0.717, 1.165) is 30.1 Å². The fourth-order valence-corrected chi connectivity index (χ4v) is 3.02. The van der Waals surface area contributed by atoms with Crippen molar-refractivity contribution in [3.05, 3.63) is 23.2 Å². The van der Waals surface area contributed by atoms with Gasteiger partial charge in [0, 0.05) is 39.2 Å². The molecule has 0 unspecified atom stereocenters. The summed E-state index contributed by atoms with van der Waals surface area (Å²) in [6.45, 7) is 6.59. The first-order valence-corrected chi connectivity index (χ1v) is 9.04. The smallest absolute Gasteiger partial charge is 0.227 e. The van der Waals surface area contributed by atoms with Crippen LogP contribution in [-0.4, -0.2) is 61.4 Å². The lowest BCUT2D eigenvalue weighted by molar-refractivity contribution is -0.116. The van der Waals surface area contributed by atoms with Crippen LogP contribution in [0.15, 0.2) is 10.7 Å². The Bertz CT molecular complexity index is 779. The zero-order valence-electron chi connectivity index (χ0n) is 16.3. The Morgan fingerprint density at radius 2 is 2.04 bits per heavy atom. The second-order valence-corrected chi connectivity index (χ2v) is 6.75. The lowest BCUT2D eigenvalue weighted by Crippen LogP contribution is -2.37. The number of hydrogen-bond acceptors (Lipinski definition) is 8. The van der Waals surface area contributed by atoms with Gasteiger partial charge in [0.25, 0.3) is 0 Å². The average molecular weight is 374 g/mol. The molecule has 9 nitrogen and oxygen atoms in total. The molecule has 1 N–H and O–H groups in total. The number of ether oxygens (including phenoxy) is 1. The monoisotopic (exact) mass is 374 g/mol. The molecular weight excluding hydrogens is 348 g/mol. The van der Waals surface area contributed by atoms with Crippen LogP contribution in [0.25, 0.3) is 0 Å². The van der Waals surface area contributed by atoms with Gasteiger partial charge in [-0.15, -0.1) is 0 Å². The maximum atomic E-state index is 12.4. The average Bonchev–Trinajstić information content (AvgIpc) is 2.98. The van der Waals surface area contributed by atoms with Crippen LogP contribution in [0, 0.1) is 13.8 Å². The van der Waals surface area contributed by atoms with Crippen molar-refractivity contribution >= 4 is 23.4 Å². The van der Waals surface area contributed by atoms with E-state index in [-0.39, 0.29) is 5.91 Å². The molecule has 1 aliphatic rings. The highest BCUT2D eigenvalue weighted by Crippen LogP contribution is 2.24. The maximum Gasteiger partial charge on any atom is 0.227 e. The zero-order chi connectivity index (χ0) is 19.4. The van der Waals surface area contributed by atoms with Crippen molar-refractivity contribution in [2.75, 3.05) is 55.5 Å². The topological polar surface area (TPSA) is 96.6 Å². The fourth-order valence-electron chi connectivity index (χ4n) is 3.02. The Morgan fingerprint density at radius 1 is 1.30 bits per heavy atom. The number of carbonyl (C=O) groups is 1. The van der Waals surface area contributed by atoms with Crippen molar-refractivity contribution in [2.45, 2.75) is 26.7 Å². The van der Waals surface area contributed by atoms with Crippen LogP contribution in [-0.2, 0) is 16.0 Å². The molecule has 1 fully saturated rings. The summed E-state index contributed by atoms with van der Waals surface area (Å²) in [6.07, 6.45) is 2.58. The molecule has 1 amide bonds. The van der Waals surface area contributed by atoms with Gasteiger partial charge in [-0.3, -0.25) is 4.79 Å².